The first kappa shape index (κ1) is 50.3. The van der Waals surface area contributed by atoms with Crippen LogP contribution < -0.4 is 10.6 Å². The molecule has 3 aliphatic heterocycles. The largest absolute Gasteiger partial charge is 0.459 e. The van der Waals surface area contributed by atoms with Gasteiger partial charge in [0.15, 0.2) is 12.6 Å². The number of aliphatic hydroxyl groups excluding tert-OH is 2. The van der Waals surface area contributed by atoms with E-state index >= 15 is 0 Å². The smallest absolute Gasteiger partial charge is 0.311 e. The van der Waals surface area contributed by atoms with E-state index in [1.165, 1.54) is 6.92 Å². The highest BCUT2D eigenvalue weighted by molar-refractivity contribution is 5.73. The monoisotopic (exact) mass is 820 g/mol. The van der Waals surface area contributed by atoms with Gasteiger partial charge < -0.3 is 69.5 Å². The van der Waals surface area contributed by atoms with Crippen LogP contribution in [0.15, 0.2) is 0 Å². The van der Waals surface area contributed by atoms with Crippen molar-refractivity contribution in [3.05, 3.63) is 0 Å². The quantitative estimate of drug-likeness (QED) is 0.112. The van der Waals surface area contributed by atoms with Crippen LogP contribution in [-0.2, 0) is 33.2 Å². The van der Waals surface area contributed by atoms with E-state index in [0.717, 1.165) is 19.4 Å². The molecule has 0 spiro atoms. The van der Waals surface area contributed by atoms with E-state index in [1.807, 2.05) is 46.7 Å². The Morgan fingerprint density at radius 1 is 0.965 bits per heavy atom. The average Bonchev–Trinajstić information content (AvgIpc) is 3.14. The maximum atomic E-state index is 14.3. The second-order valence-corrected chi connectivity index (χ2v) is 18.5. The number of esters is 1. The summed E-state index contributed by atoms with van der Waals surface area (Å²) >= 11 is 0. The van der Waals surface area contributed by atoms with Crippen molar-refractivity contribution in [3.63, 3.8) is 0 Å². The summed E-state index contributed by atoms with van der Waals surface area (Å²) in [5.41, 5.74) is -5.96. The van der Waals surface area contributed by atoms with Crippen LogP contribution in [0.2, 0.25) is 0 Å². The van der Waals surface area contributed by atoms with E-state index in [4.69, 9.17) is 28.4 Å². The molecule has 0 aromatic heterocycles. The Balaban J connectivity index is 2.15. The lowest BCUT2D eigenvalue weighted by Gasteiger charge is -2.53. The predicted octanol–water partition coefficient (Wildman–Crippen LogP) is 2.32. The number of carbonyl (C=O) groups is 1. The fourth-order valence-electron chi connectivity index (χ4n) is 9.33. The van der Waals surface area contributed by atoms with Gasteiger partial charge in [-0.2, -0.15) is 0 Å². The third-order valence-electron chi connectivity index (χ3n) is 13.3. The zero-order valence-corrected chi connectivity index (χ0v) is 37.5. The van der Waals surface area contributed by atoms with Gasteiger partial charge in [-0.3, -0.25) is 4.79 Å². The highest BCUT2D eigenvalue weighted by Crippen LogP contribution is 2.43. The van der Waals surface area contributed by atoms with Crippen LogP contribution in [-0.4, -0.2) is 167 Å². The predicted molar refractivity (Wildman–Crippen MR) is 216 cm³/mol. The summed E-state index contributed by atoms with van der Waals surface area (Å²) in [6.07, 6.45) is -5.64. The number of hydrogen-bond acceptors (Lipinski definition) is 15. The van der Waals surface area contributed by atoms with Crippen LogP contribution in [0.3, 0.4) is 0 Å². The number of rotatable bonds is 12. The van der Waals surface area contributed by atoms with Crippen molar-refractivity contribution in [2.45, 2.75) is 204 Å². The summed E-state index contributed by atoms with van der Waals surface area (Å²) in [5, 5.41) is 66.0. The van der Waals surface area contributed by atoms with Crippen molar-refractivity contribution < 1.29 is 58.7 Å². The summed E-state index contributed by atoms with van der Waals surface area (Å²) in [5.74, 6) is -2.66. The van der Waals surface area contributed by atoms with Crippen molar-refractivity contribution in [1.82, 2.24) is 15.5 Å². The van der Waals surface area contributed by atoms with E-state index < -0.39 is 95.5 Å². The van der Waals surface area contributed by atoms with E-state index in [9.17, 15) is 30.3 Å². The van der Waals surface area contributed by atoms with Gasteiger partial charge in [-0.05, 0) is 107 Å². The first-order chi connectivity index (χ1) is 26.4. The van der Waals surface area contributed by atoms with Gasteiger partial charge in [-0.1, -0.05) is 34.1 Å². The first-order valence-corrected chi connectivity index (χ1v) is 21.4. The molecule has 3 fully saturated rings. The third-order valence-corrected chi connectivity index (χ3v) is 13.3. The lowest BCUT2D eigenvalue weighted by Crippen LogP contribution is -2.70. The van der Waals surface area contributed by atoms with Crippen LogP contribution in [0.25, 0.3) is 0 Å². The van der Waals surface area contributed by atoms with Crippen LogP contribution in [0.5, 0.6) is 0 Å². The molecular weight excluding hydrogens is 738 g/mol. The molecule has 57 heavy (non-hydrogen) atoms. The Bertz CT molecular complexity index is 1240. The maximum Gasteiger partial charge on any atom is 0.311 e. The zero-order valence-electron chi connectivity index (χ0n) is 37.5. The number of carbonyl (C=O) groups excluding carboxylic acids is 1. The van der Waals surface area contributed by atoms with Gasteiger partial charge in [0.2, 0.25) is 0 Å². The molecule has 3 saturated heterocycles. The third kappa shape index (κ3) is 11.7. The Labute approximate surface area is 342 Å². The van der Waals surface area contributed by atoms with Crippen LogP contribution in [0, 0.1) is 17.8 Å². The number of unbranched alkanes of at least 4 members (excludes halogenated alkanes) is 1. The molecule has 0 aromatic rings. The molecule has 18 atom stereocenters. The SMILES string of the molecule is CCCCNC[C@]1(O)[C@H](C)O[C@@H](OC2[C@@H](C)C(=O)O[C@H](CC)[C@@](C)(O)[C@H](O)[C@@H](C)NC[C@H](C)C[C@@](C)(O)[C@H](O[C@@H]3O[C@H](C)C[C@H](N(C)C)[C@H]3O)[C@H]2C)C[C@@]1(C)OC. The number of aliphatic hydroxyl groups is 5. The van der Waals surface area contributed by atoms with Gasteiger partial charge >= 0.3 is 5.97 Å². The lowest BCUT2D eigenvalue weighted by molar-refractivity contribution is -0.336. The molecule has 336 valence electrons. The minimum atomic E-state index is -1.81. The highest BCUT2D eigenvalue weighted by atomic mass is 16.7. The minimum absolute atomic E-state index is 0.0955. The van der Waals surface area contributed by atoms with Crippen LogP contribution in [0.1, 0.15) is 115 Å². The molecule has 15 nitrogen and oxygen atoms in total. The van der Waals surface area contributed by atoms with Gasteiger partial charge in [0.1, 0.15) is 35.1 Å². The number of nitrogens with zero attached hydrogens (tertiary/aromatic N) is 1. The molecule has 0 bridgehead atoms. The Morgan fingerprint density at radius 3 is 2.19 bits per heavy atom. The number of hydrogen-bond donors (Lipinski definition) is 7. The molecule has 0 saturated carbocycles. The minimum Gasteiger partial charge on any atom is -0.459 e. The molecule has 0 aromatic carbocycles. The van der Waals surface area contributed by atoms with E-state index in [-0.39, 0.29) is 43.9 Å². The van der Waals surface area contributed by atoms with Crippen LogP contribution >= 0.6 is 0 Å². The zero-order chi connectivity index (χ0) is 43.3. The molecule has 1 unspecified atom stereocenters. The molecule has 3 rings (SSSR count). The van der Waals surface area contributed by atoms with Crippen molar-refractivity contribution in [1.29, 1.82) is 0 Å². The molecule has 0 aliphatic carbocycles. The average molecular weight is 820 g/mol. The van der Waals surface area contributed by atoms with Gasteiger partial charge in [-0.15, -0.1) is 0 Å². The lowest BCUT2D eigenvalue weighted by atomic mass is 9.75. The number of methoxy groups -OCH3 is 1. The van der Waals surface area contributed by atoms with Crippen LogP contribution in [0.4, 0.5) is 0 Å². The maximum absolute atomic E-state index is 14.3. The topological polar surface area (TPSA) is 201 Å². The van der Waals surface area contributed by atoms with Gasteiger partial charge in [0, 0.05) is 38.1 Å². The summed E-state index contributed by atoms with van der Waals surface area (Å²) < 4.78 is 38.4. The van der Waals surface area contributed by atoms with Gasteiger partial charge in [0.25, 0.3) is 0 Å². The van der Waals surface area contributed by atoms with E-state index in [1.54, 1.807) is 41.7 Å². The normalized spacial score (nSPS) is 47.3. The number of cyclic esters (lactones) is 1. The van der Waals surface area contributed by atoms with Crippen molar-refractivity contribution in [3.8, 4) is 0 Å². The summed E-state index contributed by atoms with van der Waals surface area (Å²) in [7, 11) is 5.31. The van der Waals surface area contributed by atoms with Gasteiger partial charge in [0.05, 0.1) is 35.9 Å². The fraction of sp³-hybridized carbons (Fsp3) is 0.976. The van der Waals surface area contributed by atoms with Crippen molar-refractivity contribution in [2.75, 3.05) is 40.8 Å². The molecule has 0 amide bonds. The molecular formula is C42H81N3O12. The molecule has 3 aliphatic rings. The van der Waals surface area contributed by atoms with Crippen molar-refractivity contribution >= 4 is 5.97 Å². The Kier molecular flexibility index (Phi) is 18.2. The summed E-state index contributed by atoms with van der Waals surface area (Å²) in [6.45, 7) is 21.0. The second-order valence-electron chi connectivity index (χ2n) is 18.5. The summed E-state index contributed by atoms with van der Waals surface area (Å²) in [4.78, 5) is 16.3. The molecule has 0 radical (unpaired) electrons. The Morgan fingerprint density at radius 2 is 1.61 bits per heavy atom. The Hall–Kier alpha value is -1.05. The van der Waals surface area contributed by atoms with Gasteiger partial charge in [-0.25, -0.2) is 0 Å². The number of likely N-dealkylation sites (N-methyl/N-ethyl adjacent to an activating group) is 1. The second kappa shape index (κ2) is 20.7. The van der Waals surface area contributed by atoms with E-state index in [2.05, 4.69) is 17.6 Å². The standard InChI is InChI=1S/C42H81N3O12/c1-15-17-18-43-23-42(51)29(8)54-32(21-40(42,10)52-14)56-34-26(5)36(57-38-33(46)30(45(12)13)19-25(4)53-38)39(9,49)20-24(3)22-44-28(7)35(47)41(11,50)31(16-2)55-37(48)27(34)6/h24-36,38,43-44,46-47,49-51H,15-23H2,1-14H3/t24-,25-,26+,27-,28-,29+,30+,31-,32+,33-,34?,35-,36-,38+,39-,40-,41-,42+/m1/s1. The number of ether oxygens (including phenoxy) is 6. The first-order valence-electron chi connectivity index (χ1n) is 21.4. The molecule has 3 heterocycles. The summed E-state index contributed by atoms with van der Waals surface area (Å²) in [6, 6.07) is -0.878. The van der Waals surface area contributed by atoms with Crippen molar-refractivity contribution in [2.24, 2.45) is 17.8 Å². The van der Waals surface area contributed by atoms with E-state index in [0.29, 0.717) is 13.0 Å². The number of nitrogens with one attached hydrogen (secondary N) is 2. The molecule has 7 N–H and O–H groups in total. The molecule has 15 heteroatoms. The fourth-order valence-corrected chi connectivity index (χ4v) is 9.33. The highest BCUT2D eigenvalue weighted by Gasteiger charge is 2.58.